The molecule has 1 aromatic rings. The zero-order valence-corrected chi connectivity index (χ0v) is 18.8. The quantitative estimate of drug-likeness (QED) is 0.263. The molecule has 4 nitrogen and oxygen atoms in total. The van der Waals surface area contributed by atoms with E-state index < -0.39 is 70.5 Å². The van der Waals surface area contributed by atoms with Gasteiger partial charge >= 0.3 is 12.1 Å². The maximum absolute atomic E-state index is 14.8. The van der Waals surface area contributed by atoms with Crippen LogP contribution >= 0.6 is 0 Å². The Bertz CT molecular complexity index is 930. The number of ether oxygens (including phenoxy) is 1. The summed E-state index contributed by atoms with van der Waals surface area (Å²) in [5.41, 5.74) is -4.89. The van der Waals surface area contributed by atoms with Crippen LogP contribution in [0.5, 0.6) is 0 Å². The molecule has 3 rings (SSSR count). The monoisotopic (exact) mass is 497 g/mol. The van der Waals surface area contributed by atoms with E-state index in [2.05, 4.69) is 0 Å². The minimum Gasteiger partial charge on any atom is -0.466 e. The number of benzene rings is 1. The third-order valence-corrected chi connectivity index (χ3v) is 7.18. The smallest absolute Gasteiger partial charge is 0.422 e. The molecule has 2 unspecified atom stereocenters. The van der Waals surface area contributed by atoms with Crippen LogP contribution in [0.25, 0.3) is 0 Å². The summed E-state index contributed by atoms with van der Waals surface area (Å²) in [5.74, 6) is -11.6. The predicted octanol–water partition coefficient (Wildman–Crippen LogP) is 6.30. The molecule has 0 bridgehead atoms. The number of halogens is 7. The van der Waals surface area contributed by atoms with Crippen LogP contribution < -0.4 is 4.90 Å². The van der Waals surface area contributed by atoms with Crippen LogP contribution in [-0.4, -0.2) is 24.5 Å². The second-order valence-corrected chi connectivity index (χ2v) is 8.98. The molecular formula is C23H26F7NO3. The van der Waals surface area contributed by atoms with Gasteiger partial charge in [-0.1, -0.05) is 19.8 Å². The normalized spacial score (nSPS) is 24.1. The fourth-order valence-electron chi connectivity index (χ4n) is 5.59. The number of amides is 1. The number of anilines is 1. The van der Waals surface area contributed by atoms with Gasteiger partial charge in [-0.2, -0.15) is 13.2 Å². The summed E-state index contributed by atoms with van der Waals surface area (Å²) in [6.07, 6.45) is -2.34. The molecule has 2 atom stereocenters. The van der Waals surface area contributed by atoms with E-state index in [9.17, 15) is 40.3 Å². The van der Waals surface area contributed by atoms with Crippen molar-refractivity contribution in [2.75, 3.05) is 11.5 Å². The summed E-state index contributed by atoms with van der Waals surface area (Å²) in [6, 6.07) is -1.25. The second-order valence-electron chi connectivity index (χ2n) is 8.98. The number of nitrogens with zero attached hydrogens (tertiary/aromatic N) is 1. The fourth-order valence-corrected chi connectivity index (χ4v) is 5.59. The van der Waals surface area contributed by atoms with Gasteiger partial charge in [0.25, 0.3) is 0 Å². The Morgan fingerprint density at radius 3 is 2.06 bits per heavy atom. The second kappa shape index (κ2) is 9.73. The van der Waals surface area contributed by atoms with Crippen LogP contribution in [0.3, 0.4) is 0 Å². The number of hydrogen-bond donors (Lipinski definition) is 0. The molecule has 190 valence electrons. The van der Waals surface area contributed by atoms with Gasteiger partial charge in [0.15, 0.2) is 23.3 Å². The summed E-state index contributed by atoms with van der Waals surface area (Å²) in [6.45, 7) is 3.35. The van der Waals surface area contributed by atoms with E-state index in [4.69, 9.17) is 4.74 Å². The van der Waals surface area contributed by atoms with E-state index >= 15 is 0 Å². The molecule has 11 heteroatoms. The summed E-state index contributed by atoms with van der Waals surface area (Å²) >= 11 is 0. The molecule has 1 saturated carbocycles. The first-order valence-electron chi connectivity index (χ1n) is 11.3. The van der Waals surface area contributed by atoms with Crippen molar-refractivity contribution in [2.45, 2.75) is 77.4 Å². The van der Waals surface area contributed by atoms with E-state index in [1.165, 1.54) is 6.92 Å². The van der Waals surface area contributed by atoms with Gasteiger partial charge in [0.05, 0.1) is 13.0 Å². The molecule has 0 radical (unpaired) electrons. The van der Waals surface area contributed by atoms with Gasteiger partial charge in [0.1, 0.15) is 11.3 Å². The first-order valence-corrected chi connectivity index (χ1v) is 11.3. The lowest BCUT2D eigenvalue weighted by Crippen LogP contribution is -2.54. The van der Waals surface area contributed by atoms with E-state index in [0.29, 0.717) is 11.3 Å². The molecule has 1 aliphatic heterocycles. The minimum atomic E-state index is -5.70. The van der Waals surface area contributed by atoms with Crippen molar-refractivity contribution >= 4 is 17.6 Å². The highest BCUT2D eigenvalue weighted by Crippen LogP contribution is 2.52. The lowest BCUT2D eigenvalue weighted by atomic mass is 9.63. The highest BCUT2D eigenvalue weighted by Gasteiger charge is 2.51. The van der Waals surface area contributed by atoms with Gasteiger partial charge in [-0.3, -0.25) is 9.59 Å². The molecule has 0 aromatic heterocycles. The van der Waals surface area contributed by atoms with Gasteiger partial charge in [0.2, 0.25) is 5.91 Å². The lowest BCUT2D eigenvalue weighted by molar-refractivity contribution is -0.144. The average molecular weight is 497 g/mol. The molecule has 1 amide bonds. The first-order chi connectivity index (χ1) is 15.9. The lowest BCUT2D eigenvalue weighted by Gasteiger charge is -2.49. The SMILES string of the molecule is CCOC(=O)CC1CC(CC)(C2CCCC2)CC(=O)N1c1c(F)c(F)c(C(F)(F)F)c(F)c1F. The molecule has 0 N–H and O–H groups in total. The van der Waals surface area contributed by atoms with Crippen LogP contribution in [-0.2, 0) is 20.5 Å². The molecule has 1 aliphatic carbocycles. The summed E-state index contributed by atoms with van der Waals surface area (Å²) in [5, 5.41) is 0. The van der Waals surface area contributed by atoms with Gasteiger partial charge < -0.3 is 9.64 Å². The van der Waals surface area contributed by atoms with Crippen LogP contribution in [0.1, 0.15) is 70.8 Å². The van der Waals surface area contributed by atoms with E-state index in [-0.39, 0.29) is 25.4 Å². The van der Waals surface area contributed by atoms with Crippen molar-refractivity contribution in [3.63, 3.8) is 0 Å². The van der Waals surface area contributed by atoms with Crippen molar-refractivity contribution in [3.05, 3.63) is 28.8 Å². The van der Waals surface area contributed by atoms with Crippen molar-refractivity contribution in [1.29, 1.82) is 0 Å². The Hall–Kier alpha value is -2.33. The number of hydrogen-bond acceptors (Lipinski definition) is 3. The summed E-state index contributed by atoms with van der Waals surface area (Å²) in [4.78, 5) is 25.9. The summed E-state index contributed by atoms with van der Waals surface area (Å²) < 4.78 is 102. The Morgan fingerprint density at radius 1 is 1.03 bits per heavy atom. The zero-order valence-electron chi connectivity index (χ0n) is 18.8. The van der Waals surface area contributed by atoms with E-state index in [1.54, 1.807) is 0 Å². The molecule has 34 heavy (non-hydrogen) atoms. The van der Waals surface area contributed by atoms with Gasteiger partial charge in [-0.25, -0.2) is 17.6 Å². The number of piperidine rings is 1. The standard InChI is InChI=1S/C23H26F7NO3/c1-3-22(12-7-5-6-8-12)10-13(9-15(33)34-4-2)31(14(32)11-22)21-19(26)17(24)16(23(28,29)30)18(25)20(21)27/h12-13H,3-11H2,1-2H3. The number of esters is 1. The van der Waals surface area contributed by atoms with Crippen LogP contribution in [0.2, 0.25) is 0 Å². The van der Waals surface area contributed by atoms with Gasteiger partial charge in [0, 0.05) is 12.5 Å². The third-order valence-electron chi connectivity index (χ3n) is 7.18. The maximum Gasteiger partial charge on any atom is 0.422 e. The molecule has 2 fully saturated rings. The Morgan fingerprint density at radius 2 is 1.59 bits per heavy atom. The van der Waals surface area contributed by atoms with Crippen molar-refractivity contribution in [2.24, 2.45) is 11.3 Å². The highest BCUT2D eigenvalue weighted by molar-refractivity contribution is 5.96. The van der Waals surface area contributed by atoms with Gasteiger partial charge in [-0.05, 0) is 43.9 Å². The van der Waals surface area contributed by atoms with E-state index in [1.807, 2.05) is 6.92 Å². The van der Waals surface area contributed by atoms with Crippen molar-refractivity contribution in [1.82, 2.24) is 0 Å². The molecule has 2 aliphatic rings. The Labute approximate surface area is 192 Å². The Balaban J connectivity index is 2.14. The number of carbonyl (C=O) groups is 2. The van der Waals surface area contributed by atoms with E-state index in [0.717, 1.165) is 25.7 Å². The largest absolute Gasteiger partial charge is 0.466 e. The molecule has 0 spiro atoms. The Kier molecular flexibility index (Phi) is 7.52. The third kappa shape index (κ3) is 4.62. The molecule has 1 aromatic carbocycles. The number of rotatable bonds is 6. The number of carbonyl (C=O) groups excluding carboxylic acids is 2. The molecular weight excluding hydrogens is 471 g/mol. The fraction of sp³-hybridized carbons (Fsp3) is 0.652. The van der Waals surface area contributed by atoms with Crippen LogP contribution in [0.4, 0.5) is 36.4 Å². The first kappa shape index (κ1) is 26.3. The van der Waals surface area contributed by atoms with Crippen molar-refractivity contribution in [3.8, 4) is 0 Å². The van der Waals surface area contributed by atoms with Crippen LogP contribution in [0.15, 0.2) is 0 Å². The predicted molar refractivity (Wildman–Crippen MR) is 108 cm³/mol. The minimum absolute atomic E-state index is 0.0205. The average Bonchev–Trinajstić information content (AvgIpc) is 3.29. The molecule has 1 heterocycles. The number of alkyl halides is 3. The van der Waals surface area contributed by atoms with Crippen LogP contribution in [0, 0.1) is 34.6 Å². The highest BCUT2D eigenvalue weighted by atomic mass is 19.4. The zero-order chi connectivity index (χ0) is 25.4. The van der Waals surface area contributed by atoms with Gasteiger partial charge in [-0.15, -0.1) is 0 Å². The van der Waals surface area contributed by atoms with Crippen molar-refractivity contribution < 1.29 is 45.1 Å². The summed E-state index contributed by atoms with van der Waals surface area (Å²) in [7, 11) is 0. The molecule has 1 saturated heterocycles. The maximum atomic E-state index is 14.8. The topological polar surface area (TPSA) is 46.6 Å².